The molecule has 5 aromatic carbocycles. The van der Waals surface area contributed by atoms with Crippen molar-refractivity contribution >= 4 is 51.6 Å². The lowest BCUT2D eigenvalue weighted by molar-refractivity contribution is 0.300. The van der Waals surface area contributed by atoms with Gasteiger partial charge in [0.05, 0.1) is 42.1 Å². The molecule has 2 heterocycles. The number of aromatic amines is 2. The van der Waals surface area contributed by atoms with Gasteiger partial charge in [0.2, 0.25) is 19.7 Å². The van der Waals surface area contributed by atoms with Crippen LogP contribution in [0.1, 0.15) is 16.7 Å². The number of sulfone groups is 2. The van der Waals surface area contributed by atoms with E-state index < -0.39 is 29.8 Å². The minimum Gasteiger partial charge on any atom is -0.396 e. The normalized spacial score (nSPS) is 12.1. The number of benzene rings is 5. The second-order valence-corrected chi connectivity index (χ2v) is 17.4. The fourth-order valence-electron chi connectivity index (χ4n) is 5.85. The average molecular weight is 757 g/mol. The molecule has 0 amide bonds. The van der Waals surface area contributed by atoms with Gasteiger partial charge in [0.25, 0.3) is 10.1 Å². The molecule has 2 aromatic heterocycles. The van der Waals surface area contributed by atoms with E-state index in [1.807, 2.05) is 25.1 Å². The molecule has 10 nitrogen and oxygen atoms in total. The van der Waals surface area contributed by atoms with Crippen LogP contribution in [0.15, 0.2) is 158 Å². The average Bonchev–Trinajstić information content (AvgIpc) is 3.80. The number of aliphatic hydroxyl groups excluding tert-OH is 1. The SMILES string of the molecule is Cc1ccc(S(=O)(=O)OCCc2cccc3c(S(=O)(=O)c4ccccc4)c[nH]c23)cc1.O=S(=O)(c1ccccc1)c1c[nH]c2c(CCO)cccc12. The number of rotatable bonds is 11. The Kier molecular flexibility index (Phi) is 10.8. The van der Waals surface area contributed by atoms with Gasteiger partial charge in [-0.25, -0.2) is 16.8 Å². The summed E-state index contributed by atoms with van der Waals surface area (Å²) in [5, 5.41) is 10.3. The van der Waals surface area contributed by atoms with E-state index in [1.165, 1.54) is 24.5 Å². The molecule has 0 aliphatic carbocycles. The summed E-state index contributed by atoms with van der Waals surface area (Å²) in [4.78, 5) is 7.11. The maximum absolute atomic E-state index is 13.0. The van der Waals surface area contributed by atoms with Crippen molar-refractivity contribution in [2.75, 3.05) is 13.2 Å². The Morgan fingerprint density at radius 2 is 1.00 bits per heavy atom. The summed E-state index contributed by atoms with van der Waals surface area (Å²) in [6.45, 7) is 1.84. The summed E-state index contributed by atoms with van der Waals surface area (Å²) in [5.74, 6) is 0. The Morgan fingerprint density at radius 1 is 0.538 bits per heavy atom. The third kappa shape index (κ3) is 7.59. The first-order valence-electron chi connectivity index (χ1n) is 16.3. The third-order valence-corrected chi connectivity index (χ3v) is 13.5. The second-order valence-electron chi connectivity index (χ2n) is 11.9. The van der Waals surface area contributed by atoms with Crippen molar-refractivity contribution in [1.82, 2.24) is 9.97 Å². The first-order chi connectivity index (χ1) is 24.9. The van der Waals surface area contributed by atoms with Crippen LogP contribution in [0.2, 0.25) is 0 Å². The predicted molar refractivity (Wildman–Crippen MR) is 199 cm³/mol. The molecule has 0 saturated heterocycles. The Hall–Kier alpha value is -5.05. The molecule has 0 aliphatic heterocycles. The molecule has 0 saturated carbocycles. The highest BCUT2D eigenvalue weighted by atomic mass is 32.2. The molecule has 7 aromatic rings. The maximum atomic E-state index is 13.0. The van der Waals surface area contributed by atoms with E-state index in [2.05, 4.69) is 9.97 Å². The van der Waals surface area contributed by atoms with Crippen LogP contribution in [0.3, 0.4) is 0 Å². The van der Waals surface area contributed by atoms with Crippen LogP contribution < -0.4 is 0 Å². The fourth-order valence-corrected chi connectivity index (χ4v) is 9.65. The lowest BCUT2D eigenvalue weighted by Gasteiger charge is -2.07. The second kappa shape index (κ2) is 15.3. The molecule has 13 heteroatoms. The molecule has 7 rings (SSSR count). The Labute approximate surface area is 302 Å². The highest BCUT2D eigenvalue weighted by molar-refractivity contribution is 7.92. The van der Waals surface area contributed by atoms with Gasteiger partial charge in [-0.05, 0) is 67.3 Å². The number of fused-ring (bicyclic) bond motifs is 2. The number of para-hydroxylation sites is 2. The number of aryl methyl sites for hydroxylation is 1. The Bertz CT molecular complexity index is 2650. The Balaban J connectivity index is 0.000000192. The molecular weight excluding hydrogens is 721 g/mol. The quantitative estimate of drug-likeness (QED) is 0.122. The molecule has 3 N–H and O–H groups in total. The molecule has 0 unspecified atom stereocenters. The number of hydrogen-bond acceptors (Lipinski definition) is 8. The number of aromatic nitrogens is 2. The van der Waals surface area contributed by atoms with Gasteiger partial charge in [-0.1, -0.05) is 90.5 Å². The number of hydrogen-bond donors (Lipinski definition) is 3. The molecule has 0 bridgehead atoms. The van der Waals surface area contributed by atoms with E-state index in [4.69, 9.17) is 9.29 Å². The zero-order chi connectivity index (χ0) is 36.9. The summed E-state index contributed by atoms with van der Waals surface area (Å²) in [7, 11) is -11.1. The molecule has 0 fully saturated rings. The van der Waals surface area contributed by atoms with E-state index in [-0.39, 0.29) is 37.7 Å². The van der Waals surface area contributed by atoms with Gasteiger partial charge >= 0.3 is 0 Å². The standard InChI is InChI=1S/C23H21NO5S2.C16H15NO3S/c1-17-10-12-20(13-11-17)31(27,28)29-15-14-18-6-5-9-21-22(16-24-23(18)21)30(25,26)19-7-3-2-4-8-19;18-10-9-12-5-4-8-14-15(11-17-16(12)14)21(19,20)13-6-2-1-3-7-13/h2-13,16,24H,14-15H2,1H3;1-8,11,17-18H,9-10H2. The van der Waals surface area contributed by atoms with Crippen molar-refractivity contribution in [3.8, 4) is 0 Å². The molecule has 268 valence electrons. The van der Waals surface area contributed by atoms with Crippen molar-refractivity contribution in [1.29, 1.82) is 0 Å². The highest BCUT2D eigenvalue weighted by Crippen LogP contribution is 2.31. The lowest BCUT2D eigenvalue weighted by Crippen LogP contribution is -2.09. The minimum atomic E-state index is -3.86. The maximum Gasteiger partial charge on any atom is 0.296 e. The van der Waals surface area contributed by atoms with E-state index in [0.717, 1.165) is 22.2 Å². The van der Waals surface area contributed by atoms with Gasteiger partial charge in [0.1, 0.15) is 0 Å². The highest BCUT2D eigenvalue weighted by Gasteiger charge is 2.24. The van der Waals surface area contributed by atoms with Gasteiger partial charge in [0.15, 0.2) is 0 Å². The molecular formula is C39H36N2O8S3. The summed E-state index contributed by atoms with van der Waals surface area (Å²) in [5.41, 5.74) is 4.05. The summed E-state index contributed by atoms with van der Waals surface area (Å²) < 4.78 is 81.4. The zero-order valence-corrected chi connectivity index (χ0v) is 30.5. The summed E-state index contributed by atoms with van der Waals surface area (Å²) in [6, 6.07) is 33.8. The monoisotopic (exact) mass is 756 g/mol. The van der Waals surface area contributed by atoms with Crippen LogP contribution in [0.25, 0.3) is 21.8 Å². The topological polar surface area (TPSA) is 163 Å². The van der Waals surface area contributed by atoms with Gasteiger partial charge in [-0.2, -0.15) is 8.42 Å². The molecule has 0 atom stereocenters. The third-order valence-electron chi connectivity index (χ3n) is 8.51. The van der Waals surface area contributed by atoms with Crippen molar-refractivity contribution in [2.45, 2.75) is 44.2 Å². The predicted octanol–water partition coefficient (Wildman–Crippen LogP) is 6.79. The molecule has 0 spiro atoms. The van der Waals surface area contributed by atoms with Gasteiger partial charge in [-0.3, -0.25) is 4.18 Å². The van der Waals surface area contributed by atoms with Crippen LogP contribution in [-0.2, 0) is 46.8 Å². The summed E-state index contributed by atoms with van der Waals surface area (Å²) in [6.07, 6.45) is 3.78. The number of nitrogens with one attached hydrogen (secondary N) is 2. The summed E-state index contributed by atoms with van der Waals surface area (Å²) >= 11 is 0. The minimum absolute atomic E-state index is 0.0267. The first kappa shape index (κ1) is 36.7. The van der Waals surface area contributed by atoms with Crippen LogP contribution in [-0.4, -0.2) is 53.5 Å². The fraction of sp³-hybridized carbons (Fsp3) is 0.128. The van der Waals surface area contributed by atoms with Crippen molar-refractivity contribution in [3.63, 3.8) is 0 Å². The Morgan fingerprint density at radius 3 is 1.46 bits per heavy atom. The van der Waals surface area contributed by atoms with Crippen molar-refractivity contribution < 1.29 is 34.5 Å². The van der Waals surface area contributed by atoms with Crippen LogP contribution in [0.4, 0.5) is 0 Å². The van der Waals surface area contributed by atoms with Gasteiger partial charge < -0.3 is 15.1 Å². The van der Waals surface area contributed by atoms with Gasteiger partial charge in [-0.15, -0.1) is 0 Å². The van der Waals surface area contributed by atoms with Crippen LogP contribution in [0, 0.1) is 6.92 Å². The van der Waals surface area contributed by atoms with Crippen molar-refractivity contribution in [3.05, 3.63) is 150 Å². The van der Waals surface area contributed by atoms with Crippen LogP contribution >= 0.6 is 0 Å². The zero-order valence-electron chi connectivity index (χ0n) is 28.1. The molecule has 52 heavy (non-hydrogen) atoms. The van der Waals surface area contributed by atoms with Crippen molar-refractivity contribution in [2.24, 2.45) is 0 Å². The first-order valence-corrected chi connectivity index (χ1v) is 20.7. The van der Waals surface area contributed by atoms with Gasteiger partial charge in [0, 0.05) is 29.8 Å². The van der Waals surface area contributed by atoms with E-state index >= 15 is 0 Å². The van der Waals surface area contributed by atoms with E-state index in [0.29, 0.717) is 29.1 Å². The smallest absolute Gasteiger partial charge is 0.296 e. The number of aliphatic hydroxyl groups is 1. The number of H-pyrrole nitrogens is 2. The van der Waals surface area contributed by atoms with Crippen LogP contribution in [0.5, 0.6) is 0 Å². The molecule has 0 aliphatic rings. The van der Waals surface area contributed by atoms with E-state index in [1.54, 1.807) is 91.0 Å². The lowest BCUT2D eigenvalue weighted by atomic mass is 10.1. The molecule has 0 radical (unpaired) electrons. The van der Waals surface area contributed by atoms with E-state index in [9.17, 15) is 25.3 Å². The largest absolute Gasteiger partial charge is 0.396 e.